The third-order valence-electron chi connectivity index (χ3n) is 8.39. The zero-order valence-corrected chi connectivity index (χ0v) is 28.1. The molecular formula is C32H49NO6SSi. The van der Waals surface area contributed by atoms with Crippen LogP contribution in [0.3, 0.4) is 0 Å². The van der Waals surface area contributed by atoms with Gasteiger partial charge in [-0.05, 0) is 80.1 Å². The number of hydrogen-bond acceptors (Lipinski definition) is 6. The molecule has 0 spiro atoms. The van der Waals surface area contributed by atoms with Crippen molar-refractivity contribution in [1.82, 2.24) is 4.31 Å². The summed E-state index contributed by atoms with van der Waals surface area (Å²) in [7, 11) is -4.65. The summed E-state index contributed by atoms with van der Waals surface area (Å²) < 4.78 is 47.0. The summed E-state index contributed by atoms with van der Waals surface area (Å²) in [6.45, 7) is 17.7. The molecule has 9 heteroatoms. The van der Waals surface area contributed by atoms with E-state index in [1.54, 1.807) is 31.4 Å². The first-order valence-corrected chi connectivity index (χ1v) is 18.9. The molecule has 41 heavy (non-hydrogen) atoms. The fourth-order valence-electron chi connectivity index (χ4n) is 5.03. The molecule has 3 atom stereocenters. The van der Waals surface area contributed by atoms with Crippen LogP contribution in [0.2, 0.25) is 18.1 Å². The molecule has 1 aliphatic rings. The summed E-state index contributed by atoms with van der Waals surface area (Å²) in [6.07, 6.45) is 1.12. The fraction of sp³-hybridized carbons (Fsp3) is 0.594. The molecule has 0 aromatic heterocycles. The Morgan fingerprint density at radius 1 is 1.02 bits per heavy atom. The Hall–Kier alpha value is -2.20. The number of aryl methyl sites for hydroxylation is 1. The van der Waals surface area contributed by atoms with Gasteiger partial charge in [0.15, 0.2) is 8.32 Å². The number of amides is 1. The number of methoxy groups -OCH3 is 1. The number of rotatable bonds is 13. The van der Waals surface area contributed by atoms with E-state index in [9.17, 15) is 13.2 Å². The molecule has 228 valence electrons. The van der Waals surface area contributed by atoms with Crippen molar-refractivity contribution in [2.45, 2.75) is 103 Å². The lowest BCUT2D eigenvalue weighted by Gasteiger charge is -2.40. The van der Waals surface area contributed by atoms with Gasteiger partial charge in [0.05, 0.1) is 30.6 Å². The predicted molar refractivity (Wildman–Crippen MR) is 166 cm³/mol. The first-order valence-electron chi connectivity index (χ1n) is 14.6. The van der Waals surface area contributed by atoms with E-state index >= 15 is 0 Å². The molecule has 1 fully saturated rings. The van der Waals surface area contributed by atoms with E-state index in [1.165, 1.54) is 4.31 Å². The zero-order valence-electron chi connectivity index (χ0n) is 26.3. The first kappa shape index (κ1) is 33.3. The summed E-state index contributed by atoms with van der Waals surface area (Å²) in [6, 6.07) is 14.0. The molecule has 2 aromatic rings. The SMILES string of the molecule is COc1ccc(COCC[C@@H](O[Si](C)(C)C(C)(C)C)[C@H]2C[C@H](CC(C)C)N(S(=O)(=O)c3ccc(C)cc3)C2=O)cc1. The summed E-state index contributed by atoms with van der Waals surface area (Å²) >= 11 is 0. The van der Waals surface area contributed by atoms with Crippen molar-refractivity contribution in [3.05, 3.63) is 59.7 Å². The Balaban J connectivity index is 1.87. The molecule has 0 bridgehead atoms. The average Bonchev–Trinajstić information content (AvgIpc) is 3.21. The minimum absolute atomic E-state index is 0.0676. The van der Waals surface area contributed by atoms with Gasteiger partial charge in [-0.2, -0.15) is 0 Å². The van der Waals surface area contributed by atoms with E-state index < -0.39 is 36.4 Å². The number of carbonyl (C=O) groups is 1. The molecule has 0 N–H and O–H groups in total. The second kappa shape index (κ2) is 13.4. The second-order valence-electron chi connectivity index (χ2n) is 13.2. The predicted octanol–water partition coefficient (Wildman–Crippen LogP) is 6.95. The van der Waals surface area contributed by atoms with Gasteiger partial charge in [-0.15, -0.1) is 0 Å². The van der Waals surface area contributed by atoms with Crippen LogP contribution in [-0.4, -0.2) is 52.8 Å². The molecule has 0 radical (unpaired) electrons. The molecule has 7 nitrogen and oxygen atoms in total. The average molecular weight is 604 g/mol. The van der Waals surface area contributed by atoms with Gasteiger partial charge in [0.1, 0.15) is 5.75 Å². The van der Waals surface area contributed by atoms with Gasteiger partial charge < -0.3 is 13.9 Å². The lowest BCUT2D eigenvalue weighted by atomic mass is 9.93. The van der Waals surface area contributed by atoms with E-state index in [1.807, 2.05) is 31.2 Å². The van der Waals surface area contributed by atoms with Crippen molar-refractivity contribution in [1.29, 1.82) is 0 Å². The van der Waals surface area contributed by atoms with Crippen LogP contribution in [0.25, 0.3) is 0 Å². The van der Waals surface area contributed by atoms with Crippen LogP contribution >= 0.6 is 0 Å². The molecular weight excluding hydrogens is 555 g/mol. The Morgan fingerprint density at radius 3 is 2.17 bits per heavy atom. The number of benzene rings is 2. The number of sulfonamides is 1. The van der Waals surface area contributed by atoms with E-state index in [0.717, 1.165) is 16.9 Å². The van der Waals surface area contributed by atoms with Crippen molar-refractivity contribution in [3.8, 4) is 5.75 Å². The van der Waals surface area contributed by atoms with Gasteiger partial charge in [0.25, 0.3) is 10.0 Å². The molecule has 0 aliphatic carbocycles. The van der Waals surface area contributed by atoms with Gasteiger partial charge >= 0.3 is 0 Å². The standard InChI is InChI=1S/C32H49NO6SSi/c1-23(2)20-26-21-29(31(34)33(26)40(35,36)28-16-10-24(3)11-17-28)30(39-41(8,9)32(4,5)6)18-19-38-22-25-12-14-27(37-7)15-13-25/h10-17,23,26,29-30H,18-22H2,1-9H3/t26-,29+,30+/m0/s1. The largest absolute Gasteiger partial charge is 0.497 e. The topological polar surface area (TPSA) is 82.1 Å². The van der Waals surface area contributed by atoms with Gasteiger partial charge in [-0.3, -0.25) is 4.79 Å². The van der Waals surface area contributed by atoms with Gasteiger partial charge in [-0.1, -0.05) is 64.4 Å². The van der Waals surface area contributed by atoms with Crippen LogP contribution in [0.4, 0.5) is 0 Å². The minimum atomic E-state index is -4.01. The third-order valence-corrected chi connectivity index (χ3v) is 14.8. The van der Waals surface area contributed by atoms with E-state index in [4.69, 9.17) is 13.9 Å². The number of hydrogen-bond donors (Lipinski definition) is 0. The van der Waals surface area contributed by atoms with Crippen molar-refractivity contribution in [2.75, 3.05) is 13.7 Å². The Morgan fingerprint density at radius 2 is 1.63 bits per heavy atom. The minimum Gasteiger partial charge on any atom is -0.497 e. The van der Waals surface area contributed by atoms with E-state index in [2.05, 4.69) is 47.7 Å². The molecule has 1 saturated heterocycles. The quantitative estimate of drug-likeness (QED) is 0.182. The molecule has 0 unspecified atom stereocenters. The van der Waals surface area contributed by atoms with Crippen LogP contribution in [-0.2, 0) is 30.6 Å². The van der Waals surface area contributed by atoms with Crippen LogP contribution in [0.1, 0.15) is 65.0 Å². The van der Waals surface area contributed by atoms with Crippen molar-refractivity contribution in [3.63, 3.8) is 0 Å². The molecule has 1 amide bonds. The molecule has 2 aromatic carbocycles. The highest BCUT2D eigenvalue weighted by molar-refractivity contribution is 7.89. The van der Waals surface area contributed by atoms with Crippen molar-refractivity contribution >= 4 is 24.2 Å². The normalized spacial score (nSPS) is 19.2. The van der Waals surface area contributed by atoms with Gasteiger partial charge in [0.2, 0.25) is 5.91 Å². The molecule has 0 saturated carbocycles. The van der Waals surface area contributed by atoms with Crippen LogP contribution < -0.4 is 4.74 Å². The van der Waals surface area contributed by atoms with Gasteiger partial charge in [-0.25, -0.2) is 12.7 Å². The monoisotopic (exact) mass is 603 g/mol. The summed E-state index contributed by atoms with van der Waals surface area (Å²) in [5, 5.41) is -0.0676. The summed E-state index contributed by atoms with van der Waals surface area (Å²) in [5.41, 5.74) is 1.99. The van der Waals surface area contributed by atoms with Crippen LogP contribution in [0.5, 0.6) is 5.75 Å². The number of carbonyl (C=O) groups excluding carboxylic acids is 1. The lowest BCUT2D eigenvalue weighted by molar-refractivity contribution is -0.130. The maximum atomic E-state index is 14.1. The molecule has 3 rings (SSSR count). The zero-order chi connectivity index (χ0) is 30.6. The summed E-state index contributed by atoms with van der Waals surface area (Å²) in [5.74, 6) is 0.0973. The highest BCUT2D eigenvalue weighted by Gasteiger charge is 2.51. The highest BCUT2D eigenvalue weighted by Crippen LogP contribution is 2.42. The fourth-order valence-corrected chi connectivity index (χ4v) is 8.06. The maximum absolute atomic E-state index is 14.1. The lowest BCUT2D eigenvalue weighted by Crippen LogP contribution is -2.47. The van der Waals surface area contributed by atoms with Crippen molar-refractivity contribution in [2.24, 2.45) is 11.8 Å². The number of nitrogens with zero attached hydrogens (tertiary/aromatic N) is 1. The molecule has 1 aliphatic heterocycles. The first-order chi connectivity index (χ1) is 19.1. The Bertz CT molecular complexity index is 1250. The van der Waals surface area contributed by atoms with Crippen LogP contribution in [0.15, 0.2) is 53.4 Å². The van der Waals surface area contributed by atoms with Crippen molar-refractivity contribution < 1.29 is 27.1 Å². The summed E-state index contributed by atoms with van der Waals surface area (Å²) in [4.78, 5) is 14.3. The molecule has 1 heterocycles. The number of ether oxygens (including phenoxy) is 2. The van der Waals surface area contributed by atoms with E-state index in [-0.39, 0.29) is 21.8 Å². The highest BCUT2D eigenvalue weighted by atomic mass is 32.2. The van der Waals surface area contributed by atoms with E-state index in [0.29, 0.717) is 32.5 Å². The van der Waals surface area contributed by atoms with Crippen LogP contribution in [0, 0.1) is 18.8 Å². The Labute approximate surface area is 248 Å². The smallest absolute Gasteiger partial charge is 0.266 e. The second-order valence-corrected chi connectivity index (χ2v) is 19.8. The third kappa shape index (κ3) is 8.21. The Kier molecular flexibility index (Phi) is 10.9. The van der Waals surface area contributed by atoms with Gasteiger partial charge in [0, 0.05) is 12.6 Å². The maximum Gasteiger partial charge on any atom is 0.266 e.